The molecule has 0 aromatic carbocycles. The van der Waals surface area contributed by atoms with Crippen LogP contribution in [0.3, 0.4) is 0 Å². The highest BCUT2D eigenvalue weighted by Gasteiger charge is 2.19. The Balaban J connectivity index is 3.00. The van der Waals surface area contributed by atoms with E-state index in [9.17, 15) is 14.4 Å². The number of H-pyrrole nitrogens is 1. The minimum Gasteiger partial charge on any atom is -0.466 e. The number of hydrogen-bond acceptors (Lipinski definition) is 8. The van der Waals surface area contributed by atoms with Crippen molar-refractivity contribution in [3.8, 4) is 0 Å². The zero-order chi connectivity index (χ0) is 16.5. The van der Waals surface area contributed by atoms with Gasteiger partial charge in [-0.25, -0.2) is 9.89 Å². The molecule has 120 valence electrons. The zero-order valence-electron chi connectivity index (χ0n) is 12.7. The second kappa shape index (κ2) is 8.55. The molecule has 0 spiro atoms. The molecule has 1 aromatic rings. The summed E-state index contributed by atoms with van der Waals surface area (Å²) in [6.45, 7) is 3.65. The second-order valence-electron chi connectivity index (χ2n) is 4.08. The van der Waals surface area contributed by atoms with Gasteiger partial charge in [0, 0.05) is 13.1 Å². The number of nitrogens with zero attached hydrogens (tertiary/aromatic N) is 3. The van der Waals surface area contributed by atoms with Crippen LogP contribution in [0.1, 0.15) is 20.3 Å². The predicted molar refractivity (Wildman–Crippen MR) is 78.6 cm³/mol. The van der Waals surface area contributed by atoms with E-state index >= 15 is 0 Å². The Morgan fingerprint density at radius 3 is 2.59 bits per heavy atom. The van der Waals surface area contributed by atoms with Gasteiger partial charge in [-0.3, -0.25) is 14.6 Å². The molecule has 0 radical (unpaired) electrons. The molecule has 0 amide bonds. The van der Waals surface area contributed by atoms with E-state index < -0.39 is 17.5 Å². The largest absolute Gasteiger partial charge is 0.466 e. The molecular weight excluding hydrogens is 292 g/mol. The SMILES string of the molecule is CCOC(=O)C/C(=N\N(C)c1cn[nH]c(=O)c1)C(=O)OCC. The van der Waals surface area contributed by atoms with Gasteiger partial charge in [-0.05, 0) is 13.8 Å². The quantitative estimate of drug-likeness (QED) is 0.431. The van der Waals surface area contributed by atoms with Gasteiger partial charge in [0.15, 0.2) is 5.71 Å². The Labute approximate surface area is 126 Å². The van der Waals surface area contributed by atoms with E-state index in [-0.39, 0.29) is 25.3 Å². The summed E-state index contributed by atoms with van der Waals surface area (Å²) in [5, 5.41) is 11.1. The lowest BCUT2D eigenvalue weighted by atomic mass is 10.3. The fourth-order valence-electron chi connectivity index (χ4n) is 1.49. The van der Waals surface area contributed by atoms with Crippen molar-refractivity contribution in [2.75, 3.05) is 25.3 Å². The first-order valence-electron chi connectivity index (χ1n) is 6.66. The lowest BCUT2D eigenvalue weighted by molar-refractivity contribution is -0.143. The molecule has 0 atom stereocenters. The lowest BCUT2D eigenvalue weighted by Crippen LogP contribution is -2.26. The summed E-state index contributed by atoms with van der Waals surface area (Å²) in [6, 6.07) is 1.25. The molecular formula is C13H18N4O5. The summed E-state index contributed by atoms with van der Waals surface area (Å²) in [6.07, 6.45) is 1.03. The van der Waals surface area contributed by atoms with E-state index in [0.717, 1.165) is 0 Å². The van der Waals surface area contributed by atoms with E-state index in [2.05, 4.69) is 15.3 Å². The van der Waals surface area contributed by atoms with Crippen LogP contribution in [0.25, 0.3) is 0 Å². The van der Waals surface area contributed by atoms with Crippen molar-refractivity contribution < 1.29 is 19.1 Å². The number of carbonyl (C=O) groups excluding carboxylic acids is 2. The van der Waals surface area contributed by atoms with Gasteiger partial charge < -0.3 is 9.47 Å². The number of esters is 2. The third kappa shape index (κ3) is 5.35. The van der Waals surface area contributed by atoms with Crippen LogP contribution in [0.2, 0.25) is 0 Å². The van der Waals surface area contributed by atoms with E-state index in [1.165, 1.54) is 24.3 Å². The van der Waals surface area contributed by atoms with Crippen LogP contribution < -0.4 is 10.6 Å². The van der Waals surface area contributed by atoms with Crippen LogP contribution in [0.4, 0.5) is 5.69 Å². The van der Waals surface area contributed by atoms with Crippen LogP contribution >= 0.6 is 0 Å². The van der Waals surface area contributed by atoms with E-state index in [0.29, 0.717) is 5.69 Å². The fraction of sp³-hybridized carbons (Fsp3) is 0.462. The molecule has 1 heterocycles. The summed E-state index contributed by atoms with van der Waals surface area (Å²) < 4.78 is 9.65. The zero-order valence-corrected chi connectivity index (χ0v) is 12.7. The summed E-state index contributed by atoms with van der Waals surface area (Å²) >= 11 is 0. The van der Waals surface area contributed by atoms with E-state index in [4.69, 9.17) is 9.47 Å². The first-order valence-corrected chi connectivity index (χ1v) is 6.66. The van der Waals surface area contributed by atoms with Crippen LogP contribution in [0.5, 0.6) is 0 Å². The maximum Gasteiger partial charge on any atom is 0.355 e. The molecule has 0 saturated carbocycles. The van der Waals surface area contributed by atoms with Gasteiger partial charge in [-0.1, -0.05) is 0 Å². The number of hydrogen-bond donors (Lipinski definition) is 1. The molecule has 0 saturated heterocycles. The first kappa shape index (κ1) is 17.3. The minimum atomic E-state index is -0.722. The molecule has 1 N–H and O–H groups in total. The number of anilines is 1. The first-order chi connectivity index (χ1) is 10.5. The molecule has 0 bridgehead atoms. The molecule has 0 unspecified atom stereocenters. The summed E-state index contributed by atoms with van der Waals surface area (Å²) in [5.41, 5.74) is -0.180. The van der Waals surface area contributed by atoms with Crippen LogP contribution in [-0.4, -0.2) is 48.1 Å². The summed E-state index contributed by atoms with van der Waals surface area (Å²) in [7, 11) is 1.51. The van der Waals surface area contributed by atoms with Gasteiger partial charge in [-0.2, -0.15) is 10.2 Å². The molecule has 1 rings (SSSR count). The highest BCUT2D eigenvalue weighted by atomic mass is 16.5. The van der Waals surface area contributed by atoms with Crippen LogP contribution in [0.15, 0.2) is 22.2 Å². The Morgan fingerprint density at radius 1 is 1.32 bits per heavy atom. The maximum absolute atomic E-state index is 11.8. The van der Waals surface area contributed by atoms with Gasteiger partial charge in [0.25, 0.3) is 5.56 Å². The van der Waals surface area contributed by atoms with Crippen molar-refractivity contribution in [2.24, 2.45) is 5.10 Å². The molecule has 0 aliphatic rings. The van der Waals surface area contributed by atoms with Crippen molar-refractivity contribution >= 4 is 23.3 Å². The Hall–Kier alpha value is -2.71. The average Bonchev–Trinajstić information content (AvgIpc) is 2.47. The Bertz CT molecular complexity index is 610. The molecule has 1 aromatic heterocycles. The number of nitrogens with one attached hydrogen (secondary N) is 1. The summed E-state index contributed by atoms with van der Waals surface area (Å²) in [5.74, 6) is -1.31. The number of carbonyl (C=O) groups is 2. The monoisotopic (exact) mass is 310 g/mol. The molecule has 0 fully saturated rings. The Morgan fingerprint density at radius 2 is 2.00 bits per heavy atom. The normalized spacial score (nSPS) is 11.0. The lowest BCUT2D eigenvalue weighted by Gasteiger charge is -2.14. The number of ether oxygens (including phenoxy) is 2. The van der Waals surface area contributed by atoms with Gasteiger partial charge >= 0.3 is 11.9 Å². The standard InChI is InChI=1S/C13H18N4O5/c1-4-21-12(19)7-10(13(20)22-5-2)16-17(3)9-6-11(18)15-14-8-9/h6,8H,4-5,7H2,1-3H3,(H,15,18)/b16-10+. The van der Waals surface area contributed by atoms with E-state index in [1.54, 1.807) is 13.8 Å². The Kier molecular flexibility index (Phi) is 6.74. The van der Waals surface area contributed by atoms with Crippen LogP contribution in [-0.2, 0) is 19.1 Å². The van der Waals surface area contributed by atoms with Crippen molar-refractivity contribution in [2.45, 2.75) is 20.3 Å². The van der Waals surface area contributed by atoms with Gasteiger partial charge in [0.2, 0.25) is 0 Å². The topological polar surface area (TPSA) is 114 Å². The van der Waals surface area contributed by atoms with Crippen molar-refractivity contribution in [3.05, 3.63) is 22.6 Å². The molecule has 0 aliphatic heterocycles. The second-order valence-corrected chi connectivity index (χ2v) is 4.08. The third-order valence-corrected chi connectivity index (χ3v) is 2.42. The van der Waals surface area contributed by atoms with Crippen LogP contribution in [0, 0.1) is 0 Å². The van der Waals surface area contributed by atoms with Gasteiger partial charge in [0.1, 0.15) is 0 Å². The number of aromatic amines is 1. The predicted octanol–water partition coefficient (Wildman–Crippen LogP) is 0.0784. The minimum absolute atomic E-state index is 0.122. The maximum atomic E-state index is 11.8. The highest BCUT2D eigenvalue weighted by molar-refractivity contribution is 6.39. The number of aromatic nitrogens is 2. The molecule has 0 aliphatic carbocycles. The van der Waals surface area contributed by atoms with E-state index in [1.807, 2.05) is 0 Å². The summed E-state index contributed by atoms with van der Waals surface area (Å²) in [4.78, 5) is 34.6. The van der Waals surface area contributed by atoms with Gasteiger partial charge in [-0.15, -0.1) is 0 Å². The number of rotatable bonds is 7. The molecule has 22 heavy (non-hydrogen) atoms. The van der Waals surface area contributed by atoms with Crippen molar-refractivity contribution in [3.63, 3.8) is 0 Å². The molecule has 9 heteroatoms. The van der Waals surface area contributed by atoms with Gasteiger partial charge in [0.05, 0.1) is 31.5 Å². The smallest absolute Gasteiger partial charge is 0.355 e. The van der Waals surface area contributed by atoms with Crippen molar-refractivity contribution in [1.82, 2.24) is 10.2 Å². The highest BCUT2D eigenvalue weighted by Crippen LogP contribution is 2.08. The fourth-order valence-corrected chi connectivity index (χ4v) is 1.49. The van der Waals surface area contributed by atoms with Crippen molar-refractivity contribution in [1.29, 1.82) is 0 Å². The third-order valence-electron chi connectivity index (χ3n) is 2.42. The number of hydrazone groups is 1. The average molecular weight is 310 g/mol. The molecule has 9 nitrogen and oxygen atoms in total.